The summed E-state index contributed by atoms with van der Waals surface area (Å²) < 4.78 is 15.8. The summed E-state index contributed by atoms with van der Waals surface area (Å²) in [5.74, 6) is -0.448. The Hall–Kier alpha value is -3.16. The minimum atomic E-state index is -0.636. The lowest BCUT2D eigenvalue weighted by molar-refractivity contribution is -0.124. The third-order valence-electron chi connectivity index (χ3n) is 4.67. The molecule has 1 saturated carbocycles. The molecule has 0 radical (unpaired) electrons. The summed E-state index contributed by atoms with van der Waals surface area (Å²) in [5.41, 5.74) is 1.39. The Morgan fingerprint density at radius 2 is 2.15 bits per heavy atom. The molecule has 1 aliphatic carbocycles. The summed E-state index contributed by atoms with van der Waals surface area (Å²) in [6.07, 6.45) is 5.68. The van der Waals surface area contributed by atoms with Gasteiger partial charge >= 0.3 is 5.97 Å². The van der Waals surface area contributed by atoms with Crippen molar-refractivity contribution in [2.45, 2.75) is 38.6 Å². The summed E-state index contributed by atoms with van der Waals surface area (Å²) in [7, 11) is 0. The maximum Gasteiger partial charge on any atom is 0.339 e. The third-order valence-corrected chi connectivity index (χ3v) is 4.67. The smallest absolute Gasteiger partial charge is 0.339 e. The molecular weight excluding hydrogens is 350 g/mol. The second kappa shape index (κ2) is 7.22. The number of ether oxygens (including phenoxy) is 1. The SMILES string of the molecule is Cc1noc2nc(-c3ccco3)cc(C(=O)OCC(=O)NC3CCCC3)c12. The number of aromatic nitrogens is 2. The van der Waals surface area contributed by atoms with Crippen molar-refractivity contribution in [1.29, 1.82) is 0 Å². The fourth-order valence-corrected chi connectivity index (χ4v) is 3.35. The predicted molar refractivity (Wildman–Crippen MR) is 94.9 cm³/mol. The predicted octanol–water partition coefficient (Wildman–Crippen LogP) is 3.01. The Kier molecular flexibility index (Phi) is 4.62. The number of nitrogens with zero attached hydrogens (tertiary/aromatic N) is 2. The fraction of sp³-hybridized carbons (Fsp3) is 0.368. The molecule has 3 aromatic rings. The molecule has 3 aromatic heterocycles. The van der Waals surface area contributed by atoms with E-state index in [0.717, 1.165) is 25.7 Å². The number of carbonyl (C=O) groups excluding carboxylic acids is 2. The highest BCUT2D eigenvalue weighted by molar-refractivity contribution is 6.04. The van der Waals surface area contributed by atoms with Gasteiger partial charge in [-0.1, -0.05) is 18.0 Å². The average Bonchev–Trinajstić information content (AvgIpc) is 3.41. The highest BCUT2D eigenvalue weighted by Gasteiger charge is 2.23. The molecule has 0 unspecified atom stereocenters. The molecule has 0 atom stereocenters. The van der Waals surface area contributed by atoms with Gasteiger partial charge < -0.3 is 19.0 Å². The zero-order valence-corrected chi connectivity index (χ0v) is 14.9. The number of carbonyl (C=O) groups is 2. The van der Waals surface area contributed by atoms with Gasteiger partial charge in [-0.3, -0.25) is 4.79 Å². The fourth-order valence-electron chi connectivity index (χ4n) is 3.35. The number of fused-ring (bicyclic) bond motifs is 1. The Labute approximate surface area is 154 Å². The molecule has 0 saturated heterocycles. The van der Waals surface area contributed by atoms with Crippen LogP contribution < -0.4 is 5.32 Å². The molecule has 1 amide bonds. The van der Waals surface area contributed by atoms with Crippen molar-refractivity contribution in [1.82, 2.24) is 15.5 Å². The highest BCUT2D eigenvalue weighted by Crippen LogP contribution is 2.27. The van der Waals surface area contributed by atoms with E-state index in [1.807, 2.05) is 0 Å². The molecule has 140 valence electrons. The van der Waals surface area contributed by atoms with Crippen LogP contribution in [0.1, 0.15) is 41.7 Å². The van der Waals surface area contributed by atoms with Crippen molar-refractivity contribution in [3.8, 4) is 11.5 Å². The number of pyridine rings is 1. The van der Waals surface area contributed by atoms with Crippen LogP contribution in [0, 0.1) is 6.92 Å². The second-order valence-corrected chi connectivity index (χ2v) is 6.61. The molecule has 0 aromatic carbocycles. The van der Waals surface area contributed by atoms with Crippen LogP contribution in [0.5, 0.6) is 0 Å². The first-order valence-corrected chi connectivity index (χ1v) is 8.89. The quantitative estimate of drug-likeness (QED) is 0.689. The first-order chi connectivity index (χ1) is 13.1. The largest absolute Gasteiger partial charge is 0.463 e. The van der Waals surface area contributed by atoms with E-state index in [0.29, 0.717) is 22.5 Å². The Morgan fingerprint density at radius 3 is 2.89 bits per heavy atom. The van der Waals surface area contributed by atoms with Gasteiger partial charge in [0.15, 0.2) is 12.4 Å². The maximum absolute atomic E-state index is 12.6. The number of aryl methyl sites for hydroxylation is 1. The Morgan fingerprint density at radius 1 is 1.33 bits per heavy atom. The standard InChI is InChI=1S/C19H19N3O5/c1-11-17-13(19(24)26-10-16(23)20-12-5-2-3-6-12)9-14(15-7-4-8-25-15)21-18(17)27-22-11/h4,7-9,12H,2-3,5-6,10H2,1H3,(H,20,23). The number of furan rings is 1. The van der Waals surface area contributed by atoms with Gasteiger partial charge in [0.2, 0.25) is 0 Å². The normalized spacial score (nSPS) is 14.6. The molecule has 8 heteroatoms. The lowest BCUT2D eigenvalue weighted by Crippen LogP contribution is -2.35. The molecule has 4 rings (SSSR count). The Bertz CT molecular complexity index is 971. The van der Waals surface area contributed by atoms with Crippen LogP contribution in [-0.4, -0.2) is 34.7 Å². The maximum atomic E-state index is 12.6. The first-order valence-electron chi connectivity index (χ1n) is 8.89. The second-order valence-electron chi connectivity index (χ2n) is 6.61. The van der Waals surface area contributed by atoms with Crippen LogP contribution in [0.3, 0.4) is 0 Å². The topological polar surface area (TPSA) is 107 Å². The number of amides is 1. The molecule has 0 aliphatic heterocycles. The minimum absolute atomic E-state index is 0.176. The lowest BCUT2D eigenvalue weighted by atomic mass is 10.1. The average molecular weight is 369 g/mol. The molecule has 0 spiro atoms. The van der Waals surface area contributed by atoms with Gasteiger partial charge in [0, 0.05) is 6.04 Å². The minimum Gasteiger partial charge on any atom is -0.463 e. The van der Waals surface area contributed by atoms with Crippen LogP contribution in [0.2, 0.25) is 0 Å². The Balaban J connectivity index is 1.55. The van der Waals surface area contributed by atoms with Crippen LogP contribution in [0.25, 0.3) is 22.6 Å². The van der Waals surface area contributed by atoms with Crippen molar-refractivity contribution in [3.63, 3.8) is 0 Å². The van der Waals surface area contributed by atoms with E-state index in [9.17, 15) is 9.59 Å². The molecule has 3 heterocycles. The van der Waals surface area contributed by atoms with E-state index >= 15 is 0 Å². The number of nitrogens with one attached hydrogen (secondary N) is 1. The first kappa shape index (κ1) is 17.3. The van der Waals surface area contributed by atoms with Gasteiger partial charge in [-0.25, -0.2) is 9.78 Å². The molecule has 1 N–H and O–H groups in total. The molecule has 1 aliphatic rings. The van der Waals surface area contributed by atoms with Crippen LogP contribution in [0.15, 0.2) is 33.4 Å². The zero-order chi connectivity index (χ0) is 18.8. The summed E-state index contributed by atoms with van der Waals surface area (Å²) in [6, 6.07) is 5.18. The van der Waals surface area contributed by atoms with E-state index in [-0.39, 0.29) is 29.8 Å². The molecule has 0 bridgehead atoms. The molecular formula is C19H19N3O5. The number of hydrogen-bond donors (Lipinski definition) is 1. The lowest BCUT2D eigenvalue weighted by Gasteiger charge is -2.12. The van der Waals surface area contributed by atoms with E-state index in [1.165, 1.54) is 6.26 Å². The molecule has 1 fully saturated rings. The van der Waals surface area contributed by atoms with Crippen molar-refractivity contribution in [3.05, 3.63) is 35.7 Å². The van der Waals surface area contributed by atoms with E-state index in [1.54, 1.807) is 25.1 Å². The van der Waals surface area contributed by atoms with Crippen molar-refractivity contribution in [2.24, 2.45) is 0 Å². The molecule has 27 heavy (non-hydrogen) atoms. The number of esters is 1. The summed E-state index contributed by atoms with van der Waals surface area (Å²) >= 11 is 0. The van der Waals surface area contributed by atoms with Gasteiger partial charge in [-0.05, 0) is 38.0 Å². The van der Waals surface area contributed by atoms with Crippen molar-refractivity contribution < 1.29 is 23.3 Å². The van der Waals surface area contributed by atoms with Gasteiger partial charge in [0.1, 0.15) is 5.69 Å². The van der Waals surface area contributed by atoms with Crippen LogP contribution in [0.4, 0.5) is 0 Å². The van der Waals surface area contributed by atoms with E-state index < -0.39 is 5.97 Å². The van der Waals surface area contributed by atoms with E-state index in [4.69, 9.17) is 13.7 Å². The van der Waals surface area contributed by atoms with Gasteiger partial charge in [-0.15, -0.1) is 0 Å². The highest BCUT2D eigenvalue weighted by atomic mass is 16.5. The van der Waals surface area contributed by atoms with Crippen LogP contribution >= 0.6 is 0 Å². The zero-order valence-electron chi connectivity index (χ0n) is 14.9. The number of rotatable bonds is 5. The van der Waals surface area contributed by atoms with Crippen LogP contribution in [-0.2, 0) is 9.53 Å². The summed E-state index contributed by atoms with van der Waals surface area (Å²) in [6.45, 7) is 1.38. The number of hydrogen-bond acceptors (Lipinski definition) is 7. The van der Waals surface area contributed by atoms with Crippen molar-refractivity contribution in [2.75, 3.05) is 6.61 Å². The third kappa shape index (κ3) is 3.55. The monoisotopic (exact) mass is 369 g/mol. The molecule has 8 nitrogen and oxygen atoms in total. The summed E-state index contributed by atoms with van der Waals surface area (Å²) in [5, 5.41) is 7.22. The summed E-state index contributed by atoms with van der Waals surface area (Å²) in [4.78, 5) is 29.0. The van der Waals surface area contributed by atoms with Gasteiger partial charge in [0.05, 0.1) is 22.9 Å². The van der Waals surface area contributed by atoms with Crippen molar-refractivity contribution >= 4 is 23.0 Å². The van der Waals surface area contributed by atoms with Gasteiger partial charge in [-0.2, -0.15) is 0 Å². The van der Waals surface area contributed by atoms with E-state index in [2.05, 4.69) is 15.5 Å². The van der Waals surface area contributed by atoms with Gasteiger partial charge in [0.25, 0.3) is 11.6 Å².